The van der Waals surface area contributed by atoms with E-state index in [1.54, 1.807) is 48.5 Å². The highest BCUT2D eigenvalue weighted by Crippen LogP contribution is 2.21. The molecular formula is C26H28Cl2N4O2. The normalized spacial score (nSPS) is 14.0. The molecule has 8 heteroatoms. The number of anilines is 3. The molecule has 0 unspecified atom stereocenters. The number of halogens is 2. The fourth-order valence-electron chi connectivity index (χ4n) is 3.84. The fraction of sp³-hybridized carbons (Fsp3) is 0.231. The number of nitrogens with one attached hydrogen (secondary N) is 2. The van der Waals surface area contributed by atoms with Gasteiger partial charge in [-0.05, 0) is 80.7 Å². The van der Waals surface area contributed by atoms with Crippen LogP contribution in [0.3, 0.4) is 0 Å². The van der Waals surface area contributed by atoms with E-state index in [0.717, 1.165) is 38.3 Å². The van der Waals surface area contributed by atoms with Gasteiger partial charge in [0.2, 0.25) is 0 Å². The van der Waals surface area contributed by atoms with Crippen LogP contribution in [0.5, 0.6) is 0 Å². The van der Waals surface area contributed by atoms with Crippen molar-refractivity contribution in [2.45, 2.75) is 6.42 Å². The number of para-hydroxylation sites is 1. The first kappa shape index (κ1) is 25.6. The Balaban J connectivity index is 0.00000324. The van der Waals surface area contributed by atoms with E-state index in [1.807, 2.05) is 24.3 Å². The van der Waals surface area contributed by atoms with Gasteiger partial charge in [0.05, 0.1) is 11.3 Å². The maximum Gasteiger partial charge on any atom is 0.257 e. The van der Waals surface area contributed by atoms with E-state index < -0.39 is 0 Å². The third-order valence-corrected chi connectivity index (χ3v) is 5.99. The van der Waals surface area contributed by atoms with Crippen molar-refractivity contribution in [1.82, 2.24) is 4.90 Å². The second-order valence-electron chi connectivity index (χ2n) is 8.15. The molecule has 0 atom stereocenters. The summed E-state index contributed by atoms with van der Waals surface area (Å²) < 4.78 is 0. The van der Waals surface area contributed by atoms with Gasteiger partial charge in [0.15, 0.2) is 0 Å². The van der Waals surface area contributed by atoms with Crippen LogP contribution in [0.25, 0.3) is 0 Å². The standard InChI is InChI=1S/C26H27ClN4O2.ClH/c1-30-15-4-16-31(18-17-30)22-13-7-19(8-14-22)25(32)29-24-6-3-2-5-23(24)26(33)28-21-11-9-20(27)10-12-21;/h2-3,5-14H,4,15-18H2,1H3,(H,28,33)(H,29,32);1H. The first-order chi connectivity index (χ1) is 16.0. The lowest BCUT2D eigenvalue weighted by molar-refractivity contribution is 0.102. The summed E-state index contributed by atoms with van der Waals surface area (Å²) in [5.74, 6) is -0.571. The fourth-order valence-corrected chi connectivity index (χ4v) is 3.97. The summed E-state index contributed by atoms with van der Waals surface area (Å²) >= 11 is 5.91. The van der Waals surface area contributed by atoms with Crippen LogP contribution in [-0.2, 0) is 0 Å². The molecule has 0 saturated carbocycles. The molecule has 4 rings (SSSR count). The van der Waals surface area contributed by atoms with Crippen LogP contribution in [0.2, 0.25) is 5.02 Å². The molecule has 1 aliphatic rings. The van der Waals surface area contributed by atoms with Crippen LogP contribution < -0.4 is 15.5 Å². The summed E-state index contributed by atoms with van der Waals surface area (Å²) in [5.41, 5.74) is 3.11. The van der Waals surface area contributed by atoms with E-state index in [1.165, 1.54) is 0 Å². The van der Waals surface area contributed by atoms with E-state index >= 15 is 0 Å². The molecule has 2 amide bonds. The van der Waals surface area contributed by atoms with Crippen LogP contribution in [0.15, 0.2) is 72.8 Å². The molecule has 6 nitrogen and oxygen atoms in total. The van der Waals surface area contributed by atoms with Crippen molar-refractivity contribution < 1.29 is 9.59 Å². The third kappa shape index (κ3) is 6.50. The largest absolute Gasteiger partial charge is 0.370 e. The highest BCUT2D eigenvalue weighted by molar-refractivity contribution is 6.30. The molecule has 2 N–H and O–H groups in total. The number of amides is 2. The van der Waals surface area contributed by atoms with E-state index in [0.29, 0.717) is 27.5 Å². The van der Waals surface area contributed by atoms with Gasteiger partial charge >= 0.3 is 0 Å². The van der Waals surface area contributed by atoms with Gasteiger partial charge in [0.1, 0.15) is 0 Å². The monoisotopic (exact) mass is 498 g/mol. The van der Waals surface area contributed by atoms with Gasteiger partial charge in [-0.2, -0.15) is 0 Å². The Morgan fingerprint density at radius 1 is 0.794 bits per heavy atom. The summed E-state index contributed by atoms with van der Waals surface area (Å²) in [6, 6.07) is 21.4. The van der Waals surface area contributed by atoms with E-state index in [4.69, 9.17) is 11.6 Å². The number of carbonyl (C=O) groups is 2. The van der Waals surface area contributed by atoms with Crippen molar-refractivity contribution in [2.75, 3.05) is 48.8 Å². The minimum absolute atomic E-state index is 0. The van der Waals surface area contributed by atoms with Crippen LogP contribution in [0.4, 0.5) is 17.1 Å². The van der Waals surface area contributed by atoms with Crippen molar-refractivity contribution in [2.24, 2.45) is 0 Å². The molecule has 1 aliphatic heterocycles. The van der Waals surface area contributed by atoms with Crippen molar-refractivity contribution in [3.05, 3.63) is 88.9 Å². The Hall–Kier alpha value is -3.06. The summed E-state index contributed by atoms with van der Waals surface area (Å²) in [6.45, 7) is 4.10. The summed E-state index contributed by atoms with van der Waals surface area (Å²) in [6.07, 6.45) is 1.12. The van der Waals surface area contributed by atoms with Gasteiger partial charge in [-0.1, -0.05) is 23.7 Å². The molecule has 3 aromatic rings. The van der Waals surface area contributed by atoms with Gasteiger partial charge in [-0.15, -0.1) is 12.4 Å². The number of hydrogen-bond donors (Lipinski definition) is 2. The van der Waals surface area contributed by atoms with Crippen molar-refractivity contribution in [1.29, 1.82) is 0 Å². The zero-order valence-electron chi connectivity index (χ0n) is 19.0. The highest BCUT2D eigenvalue weighted by Gasteiger charge is 2.16. The maximum absolute atomic E-state index is 12.9. The SMILES string of the molecule is CN1CCCN(c2ccc(C(=O)Nc3ccccc3C(=O)Nc3ccc(Cl)cc3)cc2)CC1.Cl. The topological polar surface area (TPSA) is 64.7 Å². The van der Waals surface area contributed by atoms with Crippen LogP contribution in [-0.4, -0.2) is 49.9 Å². The smallest absolute Gasteiger partial charge is 0.257 e. The molecule has 1 heterocycles. The Morgan fingerprint density at radius 3 is 2.24 bits per heavy atom. The molecule has 1 saturated heterocycles. The molecule has 34 heavy (non-hydrogen) atoms. The number of nitrogens with zero attached hydrogens (tertiary/aromatic N) is 2. The average molecular weight is 499 g/mol. The van der Waals surface area contributed by atoms with E-state index in [2.05, 4.69) is 27.5 Å². The summed E-state index contributed by atoms with van der Waals surface area (Å²) in [5, 5.41) is 6.30. The van der Waals surface area contributed by atoms with Gasteiger partial charge in [0.25, 0.3) is 11.8 Å². The molecule has 1 fully saturated rings. The Morgan fingerprint density at radius 2 is 1.50 bits per heavy atom. The van der Waals surface area contributed by atoms with Gasteiger partial charge in [-0.3, -0.25) is 9.59 Å². The molecule has 0 aromatic heterocycles. The lowest BCUT2D eigenvalue weighted by Gasteiger charge is -2.23. The third-order valence-electron chi connectivity index (χ3n) is 5.74. The Bertz CT molecular complexity index is 1120. The van der Waals surface area contributed by atoms with Crippen molar-refractivity contribution in [3.8, 4) is 0 Å². The van der Waals surface area contributed by atoms with Crippen LogP contribution in [0.1, 0.15) is 27.1 Å². The molecule has 0 aliphatic carbocycles. The molecule has 0 radical (unpaired) electrons. The molecule has 178 valence electrons. The zero-order chi connectivity index (χ0) is 23.2. The van der Waals surface area contributed by atoms with Crippen molar-refractivity contribution >= 4 is 52.9 Å². The molecule has 0 bridgehead atoms. The second kappa shape index (κ2) is 11.9. The first-order valence-electron chi connectivity index (χ1n) is 11.0. The molecule has 0 spiro atoms. The number of rotatable bonds is 5. The van der Waals surface area contributed by atoms with Gasteiger partial charge in [-0.25, -0.2) is 0 Å². The Labute approximate surface area is 211 Å². The number of benzene rings is 3. The maximum atomic E-state index is 12.9. The minimum Gasteiger partial charge on any atom is -0.370 e. The zero-order valence-corrected chi connectivity index (χ0v) is 20.5. The summed E-state index contributed by atoms with van der Waals surface area (Å²) in [4.78, 5) is 30.4. The quantitative estimate of drug-likeness (QED) is 0.493. The minimum atomic E-state index is -0.310. The predicted octanol–water partition coefficient (Wildman–Crippen LogP) is 5.41. The van der Waals surface area contributed by atoms with Crippen molar-refractivity contribution in [3.63, 3.8) is 0 Å². The van der Waals surface area contributed by atoms with Crippen LogP contribution >= 0.6 is 24.0 Å². The lowest BCUT2D eigenvalue weighted by Crippen LogP contribution is -2.28. The summed E-state index contributed by atoms with van der Waals surface area (Å²) in [7, 11) is 2.14. The van der Waals surface area contributed by atoms with Gasteiger partial charge in [0, 0.05) is 41.6 Å². The Kier molecular flexibility index (Phi) is 8.93. The highest BCUT2D eigenvalue weighted by atomic mass is 35.5. The number of likely N-dealkylation sites (N-methyl/N-ethyl adjacent to an activating group) is 1. The second-order valence-corrected chi connectivity index (χ2v) is 8.59. The predicted molar refractivity (Wildman–Crippen MR) is 142 cm³/mol. The lowest BCUT2D eigenvalue weighted by atomic mass is 10.1. The first-order valence-corrected chi connectivity index (χ1v) is 11.4. The van der Waals surface area contributed by atoms with E-state index in [9.17, 15) is 9.59 Å². The number of carbonyl (C=O) groups excluding carboxylic acids is 2. The average Bonchev–Trinajstić information content (AvgIpc) is 3.05. The number of hydrogen-bond acceptors (Lipinski definition) is 4. The van der Waals surface area contributed by atoms with Crippen LogP contribution in [0, 0.1) is 0 Å². The molecular weight excluding hydrogens is 471 g/mol. The van der Waals surface area contributed by atoms with E-state index in [-0.39, 0.29) is 24.2 Å². The van der Waals surface area contributed by atoms with Gasteiger partial charge < -0.3 is 20.4 Å². The molecule has 3 aromatic carbocycles.